The lowest BCUT2D eigenvalue weighted by Crippen LogP contribution is -2.56. The summed E-state index contributed by atoms with van der Waals surface area (Å²) < 4.78 is 13.2. The molecule has 4 N–H and O–H groups in total. The molecule has 0 aliphatic heterocycles. The molecule has 166 valence electrons. The Balaban J connectivity index is 3.01. The van der Waals surface area contributed by atoms with Gasteiger partial charge in [0.2, 0.25) is 11.8 Å². The Hall–Kier alpha value is -2.97. The second-order valence-electron chi connectivity index (χ2n) is 7.80. The fourth-order valence-electron chi connectivity index (χ4n) is 2.81. The van der Waals surface area contributed by atoms with E-state index >= 15 is 0 Å². The van der Waals surface area contributed by atoms with Crippen molar-refractivity contribution in [1.29, 1.82) is 0 Å². The highest BCUT2D eigenvalue weighted by atomic mass is 19.1. The molecule has 9 heteroatoms. The van der Waals surface area contributed by atoms with Gasteiger partial charge in [-0.2, -0.15) is 0 Å². The topological polar surface area (TPSA) is 133 Å². The Morgan fingerprint density at radius 1 is 1.07 bits per heavy atom. The number of hydrogen-bond donors (Lipinski definition) is 4. The first-order valence-corrected chi connectivity index (χ1v) is 9.72. The van der Waals surface area contributed by atoms with Crippen molar-refractivity contribution in [3.8, 4) is 0 Å². The summed E-state index contributed by atoms with van der Waals surface area (Å²) in [4.78, 5) is 47.8. The Morgan fingerprint density at radius 2 is 1.63 bits per heavy atom. The van der Waals surface area contributed by atoms with Gasteiger partial charge in [0.1, 0.15) is 17.9 Å². The van der Waals surface area contributed by atoms with Crippen LogP contribution in [0.3, 0.4) is 0 Å². The van der Waals surface area contributed by atoms with Gasteiger partial charge in [0, 0.05) is 6.42 Å². The molecule has 8 nitrogen and oxygen atoms in total. The number of carbonyl (C=O) groups is 4. The molecular weight excluding hydrogens is 395 g/mol. The van der Waals surface area contributed by atoms with Crippen LogP contribution in [0.15, 0.2) is 24.3 Å². The number of amides is 2. The summed E-state index contributed by atoms with van der Waals surface area (Å²) >= 11 is 0. The van der Waals surface area contributed by atoms with Crippen molar-refractivity contribution >= 4 is 23.8 Å². The Labute approximate surface area is 174 Å². The predicted octanol–water partition coefficient (Wildman–Crippen LogP) is 2.07. The zero-order valence-electron chi connectivity index (χ0n) is 17.6. The van der Waals surface area contributed by atoms with Crippen molar-refractivity contribution in [2.45, 2.75) is 64.5 Å². The number of nitrogens with one attached hydrogen (secondary N) is 2. The van der Waals surface area contributed by atoms with E-state index in [0.29, 0.717) is 12.0 Å². The van der Waals surface area contributed by atoms with Crippen LogP contribution in [0, 0.1) is 11.7 Å². The minimum Gasteiger partial charge on any atom is -0.481 e. The van der Waals surface area contributed by atoms with Crippen LogP contribution in [0.25, 0.3) is 0 Å². The van der Waals surface area contributed by atoms with Crippen LogP contribution >= 0.6 is 0 Å². The monoisotopic (exact) mass is 424 g/mol. The molecule has 1 aromatic carbocycles. The zero-order chi connectivity index (χ0) is 23.1. The van der Waals surface area contributed by atoms with Crippen molar-refractivity contribution in [3.05, 3.63) is 35.6 Å². The lowest BCUT2D eigenvalue weighted by Gasteiger charge is -2.30. The fourth-order valence-corrected chi connectivity index (χ4v) is 2.81. The Bertz CT molecular complexity index is 778. The summed E-state index contributed by atoms with van der Waals surface area (Å²) in [6.45, 7) is 6.83. The lowest BCUT2D eigenvalue weighted by atomic mass is 9.83. The maximum atomic E-state index is 13.2. The van der Waals surface area contributed by atoms with Gasteiger partial charge in [0.25, 0.3) is 0 Å². The van der Waals surface area contributed by atoms with Crippen molar-refractivity contribution in [1.82, 2.24) is 10.6 Å². The zero-order valence-corrected chi connectivity index (χ0v) is 17.6. The molecule has 0 fully saturated rings. The minimum atomic E-state index is -1.39. The van der Waals surface area contributed by atoms with Crippen LogP contribution in [0.4, 0.5) is 4.39 Å². The summed E-state index contributed by atoms with van der Waals surface area (Å²) in [7, 11) is 0. The van der Waals surface area contributed by atoms with Gasteiger partial charge in [-0.1, -0.05) is 32.4 Å². The molecule has 2 amide bonds. The summed E-state index contributed by atoms with van der Waals surface area (Å²) in [6, 6.07) is 3.04. The van der Waals surface area contributed by atoms with Gasteiger partial charge >= 0.3 is 11.9 Å². The van der Waals surface area contributed by atoms with Gasteiger partial charge in [-0.15, -0.1) is 0 Å². The molecule has 0 aliphatic rings. The highest BCUT2D eigenvalue weighted by molar-refractivity contribution is 5.94. The van der Waals surface area contributed by atoms with E-state index in [-0.39, 0.29) is 12.3 Å². The largest absolute Gasteiger partial charge is 0.481 e. The number of carbonyl (C=O) groups excluding carboxylic acids is 2. The summed E-state index contributed by atoms with van der Waals surface area (Å²) in [5, 5.41) is 23.0. The van der Waals surface area contributed by atoms with Crippen LogP contribution in [0.5, 0.6) is 0 Å². The quantitative estimate of drug-likeness (QED) is 0.430. The van der Waals surface area contributed by atoms with Crippen LogP contribution in [-0.2, 0) is 24.6 Å². The van der Waals surface area contributed by atoms with E-state index in [9.17, 15) is 28.7 Å². The molecule has 30 heavy (non-hydrogen) atoms. The van der Waals surface area contributed by atoms with Crippen LogP contribution < -0.4 is 10.6 Å². The number of rotatable bonds is 11. The average Bonchev–Trinajstić information content (AvgIpc) is 2.68. The number of benzene rings is 1. The molecule has 0 aliphatic carbocycles. The van der Waals surface area contributed by atoms with Crippen molar-refractivity contribution in [2.24, 2.45) is 5.92 Å². The number of carboxylic acids is 2. The highest BCUT2D eigenvalue weighted by Crippen LogP contribution is 2.24. The van der Waals surface area contributed by atoms with Crippen LogP contribution in [-0.4, -0.2) is 46.0 Å². The van der Waals surface area contributed by atoms with Crippen molar-refractivity contribution in [3.63, 3.8) is 0 Å². The third kappa shape index (κ3) is 6.82. The fraction of sp³-hybridized carbons (Fsp3) is 0.524. The number of aliphatic carboxylic acids is 2. The maximum Gasteiger partial charge on any atom is 0.326 e. The molecule has 0 radical (unpaired) electrons. The average molecular weight is 424 g/mol. The predicted molar refractivity (Wildman–Crippen MR) is 107 cm³/mol. The summed E-state index contributed by atoms with van der Waals surface area (Å²) in [5.74, 6) is -4.47. The second-order valence-corrected chi connectivity index (χ2v) is 7.80. The molecule has 1 aromatic rings. The molecule has 0 heterocycles. The smallest absolute Gasteiger partial charge is 0.326 e. The highest BCUT2D eigenvalue weighted by Gasteiger charge is 2.35. The normalized spacial score (nSPS) is 14.3. The van der Waals surface area contributed by atoms with E-state index in [0.717, 1.165) is 0 Å². The minimum absolute atomic E-state index is 0.279. The molecular formula is C21H29FN2O6. The molecule has 1 rings (SSSR count). The third-order valence-electron chi connectivity index (χ3n) is 5.18. The van der Waals surface area contributed by atoms with E-state index in [1.54, 1.807) is 20.8 Å². The first-order valence-electron chi connectivity index (χ1n) is 9.72. The van der Waals surface area contributed by atoms with Gasteiger partial charge < -0.3 is 20.8 Å². The molecule has 0 saturated heterocycles. The Kier molecular flexibility index (Phi) is 8.94. The summed E-state index contributed by atoms with van der Waals surface area (Å²) in [6.07, 6.45) is -0.171. The number of carboxylic acid groups (broad SMARTS) is 2. The third-order valence-corrected chi connectivity index (χ3v) is 5.18. The maximum absolute atomic E-state index is 13.2. The lowest BCUT2D eigenvalue weighted by molar-refractivity contribution is -0.143. The Morgan fingerprint density at radius 3 is 2.10 bits per heavy atom. The second kappa shape index (κ2) is 10.7. The van der Waals surface area contributed by atoms with Gasteiger partial charge in [-0.25, -0.2) is 9.18 Å². The van der Waals surface area contributed by atoms with Crippen LogP contribution in [0.1, 0.15) is 52.5 Å². The van der Waals surface area contributed by atoms with E-state index in [1.165, 1.54) is 24.3 Å². The molecule has 0 spiro atoms. The molecule has 0 bridgehead atoms. The number of halogens is 1. The van der Waals surface area contributed by atoms with Crippen molar-refractivity contribution < 1.29 is 33.8 Å². The standard InChI is InChI=1S/C21H29FN2O6/c1-5-12(2)17(18(27)23-15(19(28)29)10-11-16(25)26)24-20(30)21(3,4)13-6-8-14(22)9-7-13/h6-9,12,15,17H,5,10-11H2,1-4H3,(H,23,27)(H,24,30)(H,25,26)(H,28,29)/t12-,15+,17-/m0/s1. The SMILES string of the molecule is CC[C@H](C)[C@H](NC(=O)C(C)(C)c1ccc(F)cc1)C(=O)N[C@H](CCC(=O)O)C(=O)O. The molecule has 0 unspecified atom stereocenters. The van der Waals surface area contributed by atoms with Gasteiger partial charge in [0.15, 0.2) is 0 Å². The van der Waals surface area contributed by atoms with Crippen LogP contribution in [0.2, 0.25) is 0 Å². The first-order chi connectivity index (χ1) is 13.9. The summed E-state index contributed by atoms with van der Waals surface area (Å²) in [5.41, 5.74) is -0.524. The van der Waals surface area contributed by atoms with Gasteiger partial charge in [0.05, 0.1) is 5.41 Å². The van der Waals surface area contributed by atoms with E-state index < -0.39 is 53.5 Å². The van der Waals surface area contributed by atoms with E-state index in [1.807, 2.05) is 6.92 Å². The first kappa shape index (κ1) is 25.1. The number of hydrogen-bond acceptors (Lipinski definition) is 4. The van der Waals surface area contributed by atoms with E-state index in [2.05, 4.69) is 10.6 Å². The van der Waals surface area contributed by atoms with Gasteiger partial charge in [-0.3, -0.25) is 14.4 Å². The van der Waals surface area contributed by atoms with Crippen molar-refractivity contribution in [2.75, 3.05) is 0 Å². The molecule has 3 atom stereocenters. The van der Waals surface area contributed by atoms with E-state index in [4.69, 9.17) is 5.11 Å². The van der Waals surface area contributed by atoms with Gasteiger partial charge in [-0.05, 0) is 43.9 Å². The molecule has 0 aromatic heterocycles. The molecule has 0 saturated carbocycles.